The zero-order valence-corrected chi connectivity index (χ0v) is 23.0. The molecule has 0 radical (unpaired) electrons. The first kappa shape index (κ1) is 29.3. The summed E-state index contributed by atoms with van der Waals surface area (Å²) in [5.74, 6) is -0.0641. The summed E-state index contributed by atoms with van der Waals surface area (Å²) in [5, 5.41) is 12.8. The summed E-state index contributed by atoms with van der Waals surface area (Å²) in [6, 6.07) is 30.6. The van der Waals surface area contributed by atoms with E-state index in [2.05, 4.69) is 29.4 Å². The Balaban J connectivity index is 1.45. The van der Waals surface area contributed by atoms with Gasteiger partial charge in [-0.25, -0.2) is 4.79 Å². The molecule has 1 amide bonds. The van der Waals surface area contributed by atoms with Crippen molar-refractivity contribution in [2.75, 3.05) is 19.7 Å². The molecular weight excluding hydrogens is 518 g/mol. The van der Waals surface area contributed by atoms with Gasteiger partial charge < -0.3 is 14.7 Å². The maximum Gasteiger partial charge on any atom is 0.348 e. The molecule has 0 spiro atoms. The van der Waals surface area contributed by atoms with Crippen molar-refractivity contribution in [2.24, 2.45) is 0 Å². The minimum absolute atomic E-state index is 0.0678. The van der Waals surface area contributed by atoms with Gasteiger partial charge in [-0.1, -0.05) is 72.8 Å². The number of aliphatic carboxylic acids is 1. The topological polar surface area (TPSA) is 102 Å². The molecule has 0 bridgehead atoms. The molecule has 212 valence electrons. The number of ether oxygens (including phenoxy) is 1. The summed E-state index contributed by atoms with van der Waals surface area (Å²) in [5.41, 5.74) is 2.93. The predicted octanol–water partition coefficient (Wildman–Crippen LogP) is 5.61. The van der Waals surface area contributed by atoms with E-state index >= 15 is 0 Å². The van der Waals surface area contributed by atoms with Gasteiger partial charge in [0.2, 0.25) is 0 Å². The second kappa shape index (κ2) is 15.2. The number of nitrogens with zero attached hydrogens (tertiary/aromatic N) is 3. The van der Waals surface area contributed by atoms with Crippen LogP contribution in [-0.4, -0.2) is 51.5 Å². The molecule has 1 heterocycles. The number of aromatic nitrogens is 2. The Bertz CT molecular complexity index is 1420. The van der Waals surface area contributed by atoms with Crippen molar-refractivity contribution in [1.82, 2.24) is 14.7 Å². The molecule has 0 aliphatic rings. The van der Waals surface area contributed by atoms with E-state index in [1.807, 2.05) is 60.7 Å². The van der Waals surface area contributed by atoms with Crippen LogP contribution in [0.25, 0.3) is 0 Å². The van der Waals surface area contributed by atoms with Crippen molar-refractivity contribution in [2.45, 2.75) is 38.0 Å². The zero-order valence-electron chi connectivity index (χ0n) is 23.0. The van der Waals surface area contributed by atoms with Gasteiger partial charge in [-0.2, -0.15) is 5.10 Å². The molecule has 0 fully saturated rings. The first-order valence-corrected chi connectivity index (χ1v) is 13.9. The predicted molar refractivity (Wildman–Crippen MR) is 157 cm³/mol. The summed E-state index contributed by atoms with van der Waals surface area (Å²) >= 11 is 0. The highest BCUT2D eigenvalue weighted by molar-refractivity contribution is 5.75. The number of carbonyl (C=O) groups is 2. The highest BCUT2D eigenvalue weighted by atomic mass is 16.5. The summed E-state index contributed by atoms with van der Waals surface area (Å²) in [6.45, 7) is 1.23. The fourth-order valence-electron chi connectivity index (χ4n) is 4.80. The van der Waals surface area contributed by atoms with Crippen molar-refractivity contribution in [3.63, 3.8) is 0 Å². The second-order valence-corrected chi connectivity index (χ2v) is 9.80. The van der Waals surface area contributed by atoms with Crippen LogP contribution in [0.1, 0.15) is 48.3 Å². The van der Waals surface area contributed by atoms with Crippen LogP contribution in [0, 0.1) is 0 Å². The van der Waals surface area contributed by atoms with Gasteiger partial charge in [0.25, 0.3) is 5.56 Å². The highest BCUT2D eigenvalue weighted by Gasteiger charge is 2.21. The summed E-state index contributed by atoms with van der Waals surface area (Å²) in [4.78, 5) is 38.4. The van der Waals surface area contributed by atoms with Crippen LogP contribution in [0.4, 0.5) is 4.79 Å². The first-order valence-electron chi connectivity index (χ1n) is 13.9. The third-order valence-electron chi connectivity index (χ3n) is 6.85. The lowest BCUT2D eigenvalue weighted by atomic mass is 9.88. The number of benzene rings is 3. The van der Waals surface area contributed by atoms with Gasteiger partial charge in [0.15, 0.2) is 0 Å². The van der Waals surface area contributed by atoms with Crippen LogP contribution < -0.4 is 10.3 Å². The monoisotopic (exact) mass is 553 g/mol. The third kappa shape index (κ3) is 8.89. The molecule has 0 aliphatic heterocycles. The second-order valence-electron chi connectivity index (χ2n) is 9.80. The van der Waals surface area contributed by atoms with Gasteiger partial charge in [-0.05, 0) is 60.6 Å². The molecule has 0 saturated carbocycles. The molecule has 8 heteroatoms. The van der Waals surface area contributed by atoms with Gasteiger partial charge in [-0.3, -0.25) is 9.59 Å². The Morgan fingerprint density at radius 1 is 0.854 bits per heavy atom. The van der Waals surface area contributed by atoms with Gasteiger partial charge in [0.1, 0.15) is 5.75 Å². The first-order chi connectivity index (χ1) is 20.0. The molecule has 8 nitrogen and oxygen atoms in total. The van der Waals surface area contributed by atoms with Crippen LogP contribution in [-0.2, 0) is 11.2 Å². The maximum absolute atomic E-state index is 13.5. The van der Waals surface area contributed by atoms with E-state index in [4.69, 9.17) is 9.84 Å². The number of amides is 1. The number of rotatable bonds is 14. The molecule has 0 atom stereocenters. The fourth-order valence-corrected chi connectivity index (χ4v) is 4.80. The molecule has 1 aromatic heterocycles. The molecular formula is C33H35N3O5. The highest BCUT2D eigenvalue weighted by Crippen LogP contribution is 2.28. The van der Waals surface area contributed by atoms with Crippen molar-refractivity contribution in [3.05, 3.63) is 130 Å². The lowest BCUT2D eigenvalue weighted by molar-refractivity contribution is -0.137. The molecule has 4 aromatic rings. The van der Waals surface area contributed by atoms with Gasteiger partial charge in [-0.15, -0.1) is 4.68 Å². The van der Waals surface area contributed by atoms with E-state index < -0.39 is 17.6 Å². The largest absolute Gasteiger partial charge is 0.494 e. The summed E-state index contributed by atoms with van der Waals surface area (Å²) in [6.07, 6.45) is 4.01. The number of carboxylic acids is 1. The molecule has 0 aliphatic carbocycles. The Labute approximate surface area is 239 Å². The zero-order chi connectivity index (χ0) is 28.9. The van der Waals surface area contributed by atoms with Gasteiger partial charge in [0.05, 0.1) is 6.61 Å². The molecule has 0 unspecified atom stereocenters. The average molecular weight is 554 g/mol. The Hall–Kier alpha value is -4.72. The summed E-state index contributed by atoms with van der Waals surface area (Å²) < 4.78 is 6.63. The fraction of sp³-hybridized carbons (Fsp3) is 0.273. The number of hydrogen-bond acceptors (Lipinski definition) is 5. The smallest absolute Gasteiger partial charge is 0.348 e. The van der Waals surface area contributed by atoms with E-state index in [9.17, 15) is 14.4 Å². The van der Waals surface area contributed by atoms with Crippen LogP contribution in [0.5, 0.6) is 5.75 Å². The minimum atomic E-state index is -0.840. The quantitative estimate of drug-likeness (QED) is 0.204. The molecule has 4 rings (SSSR count). The van der Waals surface area contributed by atoms with E-state index in [0.29, 0.717) is 51.1 Å². The summed E-state index contributed by atoms with van der Waals surface area (Å²) in [7, 11) is 0. The Morgan fingerprint density at radius 2 is 1.56 bits per heavy atom. The van der Waals surface area contributed by atoms with Crippen LogP contribution >= 0.6 is 0 Å². The number of hydrogen-bond donors (Lipinski definition) is 1. The molecule has 0 saturated heterocycles. The molecule has 3 aromatic carbocycles. The average Bonchev–Trinajstić information content (AvgIpc) is 3.00. The Morgan fingerprint density at radius 3 is 2.22 bits per heavy atom. The number of carboxylic acid groups (broad SMARTS) is 1. The minimum Gasteiger partial charge on any atom is -0.494 e. The third-order valence-corrected chi connectivity index (χ3v) is 6.85. The van der Waals surface area contributed by atoms with E-state index in [0.717, 1.165) is 10.2 Å². The standard InChI is InChI=1S/C33H35N3O5/c37-31-18-8-21-34-36(31)33(40)35(22-9-12-26-11-7-17-29(25-26)41-24-10-19-32(38)39)23-20-30(27-13-3-1-4-14-27)28-15-5-2-6-16-28/h1-8,11,13-18,21,25,30H,9-10,12,19-20,22-24H2,(H,38,39). The lowest BCUT2D eigenvalue weighted by Crippen LogP contribution is -2.42. The maximum atomic E-state index is 13.5. The SMILES string of the molecule is O=C(O)CCCOc1cccc(CCCN(CCC(c2ccccc2)c2ccccc2)C(=O)n2ncccc2=O)c1. The number of carbonyl (C=O) groups excluding carboxylic acids is 1. The number of aryl methyl sites for hydroxylation is 1. The van der Waals surface area contributed by atoms with Crippen LogP contribution in [0.3, 0.4) is 0 Å². The molecule has 41 heavy (non-hydrogen) atoms. The van der Waals surface area contributed by atoms with Crippen molar-refractivity contribution in [3.8, 4) is 5.75 Å². The van der Waals surface area contributed by atoms with Gasteiger partial charge >= 0.3 is 12.0 Å². The Kier molecular flexibility index (Phi) is 10.8. The van der Waals surface area contributed by atoms with E-state index in [1.165, 1.54) is 29.5 Å². The normalized spacial score (nSPS) is 10.9. The van der Waals surface area contributed by atoms with Crippen molar-refractivity contribution in [1.29, 1.82) is 0 Å². The van der Waals surface area contributed by atoms with E-state index in [1.54, 1.807) is 4.90 Å². The van der Waals surface area contributed by atoms with Crippen LogP contribution in [0.15, 0.2) is 108 Å². The van der Waals surface area contributed by atoms with Gasteiger partial charge in [0, 0.05) is 37.7 Å². The van der Waals surface area contributed by atoms with E-state index in [-0.39, 0.29) is 12.3 Å². The van der Waals surface area contributed by atoms with Crippen molar-refractivity contribution >= 4 is 12.0 Å². The van der Waals surface area contributed by atoms with Crippen LogP contribution in [0.2, 0.25) is 0 Å². The van der Waals surface area contributed by atoms with Crippen molar-refractivity contribution < 1.29 is 19.4 Å². The lowest BCUT2D eigenvalue weighted by Gasteiger charge is -2.26. The molecule has 1 N–H and O–H groups in total.